The molecule has 25 heavy (non-hydrogen) atoms. The minimum Gasteiger partial charge on any atom is -0.348 e. The SMILES string of the molecule is Cc1ncc(CNC(=O)c2cc(F)ccc2F)c([C@@H]2CCCN2C)n1. The summed E-state index contributed by atoms with van der Waals surface area (Å²) < 4.78 is 27.0. The molecular weight excluding hydrogens is 326 g/mol. The molecule has 1 atom stereocenters. The summed E-state index contributed by atoms with van der Waals surface area (Å²) in [4.78, 5) is 23.2. The Morgan fingerprint density at radius 1 is 1.40 bits per heavy atom. The summed E-state index contributed by atoms with van der Waals surface area (Å²) in [6.45, 7) is 2.98. The van der Waals surface area contributed by atoms with Gasteiger partial charge in [0.1, 0.15) is 17.5 Å². The highest BCUT2D eigenvalue weighted by molar-refractivity contribution is 5.94. The number of nitrogens with zero attached hydrogens (tertiary/aromatic N) is 3. The number of carbonyl (C=O) groups excluding carboxylic acids is 1. The van der Waals surface area contributed by atoms with Crippen molar-refractivity contribution < 1.29 is 13.6 Å². The Kier molecular flexibility index (Phi) is 5.03. The molecule has 0 radical (unpaired) electrons. The van der Waals surface area contributed by atoms with Crippen LogP contribution in [0.2, 0.25) is 0 Å². The minimum absolute atomic E-state index is 0.161. The number of likely N-dealkylation sites (tertiary alicyclic amines) is 1. The molecule has 2 heterocycles. The highest BCUT2D eigenvalue weighted by atomic mass is 19.1. The molecule has 1 aromatic heterocycles. The van der Waals surface area contributed by atoms with Crippen LogP contribution < -0.4 is 5.32 Å². The molecule has 5 nitrogen and oxygen atoms in total. The van der Waals surface area contributed by atoms with Crippen LogP contribution in [0.3, 0.4) is 0 Å². The van der Waals surface area contributed by atoms with Crippen LogP contribution in [0, 0.1) is 18.6 Å². The third-order valence-electron chi connectivity index (χ3n) is 4.47. The van der Waals surface area contributed by atoms with Crippen molar-refractivity contribution in [1.29, 1.82) is 0 Å². The summed E-state index contributed by atoms with van der Waals surface area (Å²) >= 11 is 0. The van der Waals surface area contributed by atoms with Crippen molar-refractivity contribution >= 4 is 5.91 Å². The zero-order valence-electron chi connectivity index (χ0n) is 14.2. The van der Waals surface area contributed by atoms with Crippen LogP contribution in [0.15, 0.2) is 24.4 Å². The maximum Gasteiger partial charge on any atom is 0.254 e. The van der Waals surface area contributed by atoms with Crippen LogP contribution in [0.5, 0.6) is 0 Å². The predicted octanol–water partition coefficient (Wildman–Crippen LogP) is 2.76. The molecule has 1 fully saturated rings. The van der Waals surface area contributed by atoms with E-state index in [1.54, 1.807) is 6.20 Å². The Balaban J connectivity index is 1.79. The van der Waals surface area contributed by atoms with Gasteiger partial charge in [0.25, 0.3) is 5.91 Å². The topological polar surface area (TPSA) is 58.1 Å². The van der Waals surface area contributed by atoms with E-state index in [2.05, 4.69) is 20.2 Å². The third-order valence-corrected chi connectivity index (χ3v) is 4.47. The molecule has 1 N–H and O–H groups in total. The number of hydrogen-bond donors (Lipinski definition) is 1. The summed E-state index contributed by atoms with van der Waals surface area (Å²) in [5.74, 6) is -1.40. The molecule has 0 unspecified atom stereocenters. The van der Waals surface area contributed by atoms with E-state index in [0.29, 0.717) is 5.82 Å². The number of carbonyl (C=O) groups is 1. The smallest absolute Gasteiger partial charge is 0.254 e. The van der Waals surface area contributed by atoms with Crippen molar-refractivity contribution in [2.75, 3.05) is 13.6 Å². The summed E-state index contributed by atoms with van der Waals surface area (Å²) in [6.07, 6.45) is 3.77. The summed E-state index contributed by atoms with van der Waals surface area (Å²) in [7, 11) is 2.04. The van der Waals surface area contributed by atoms with Crippen molar-refractivity contribution in [2.24, 2.45) is 0 Å². The standard InChI is InChI=1S/C18H20F2N4O/c1-11-21-9-12(17(23-11)16-4-3-7-24(16)2)10-22-18(25)14-8-13(19)5-6-15(14)20/h5-6,8-9,16H,3-4,7,10H2,1-2H3,(H,22,25)/t16-/m0/s1. The molecule has 1 aliphatic rings. The number of aryl methyl sites for hydroxylation is 1. The molecule has 0 spiro atoms. The largest absolute Gasteiger partial charge is 0.348 e. The number of halogens is 2. The average molecular weight is 346 g/mol. The van der Waals surface area contributed by atoms with Gasteiger partial charge in [-0.15, -0.1) is 0 Å². The van der Waals surface area contributed by atoms with E-state index in [1.807, 2.05) is 14.0 Å². The van der Waals surface area contributed by atoms with Gasteiger partial charge < -0.3 is 5.32 Å². The van der Waals surface area contributed by atoms with Gasteiger partial charge in [0.05, 0.1) is 17.3 Å². The number of rotatable bonds is 4. The normalized spacial score (nSPS) is 17.7. The number of benzene rings is 1. The van der Waals surface area contributed by atoms with Crippen molar-refractivity contribution in [3.63, 3.8) is 0 Å². The lowest BCUT2D eigenvalue weighted by atomic mass is 10.1. The van der Waals surface area contributed by atoms with Crippen LogP contribution in [0.1, 0.15) is 46.3 Å². The van der Waals surface area contributed by atoms with E-state index >= 15 is 0 Å². The van der Waals surface area contributed by atoms with Crippen LogP contribution >= 0.6 is 0 Å². The number of amides is 1. The highest BCUT2D eigenvalue weighted by Crippen LogP contribution is 2.31. The molecular formula is C18H20F2N4O. The summed E-state index contributed by atoms with van der Waals surface area (Å²) in [6, 6.07) is 2.99. The lowest BCUT2D eigenvalue weighted by Crippen LogP contribution is -2.27. The van der Waals surface area contributed by atoms with Crippen LogP contribution in [0.25, 0.3) is 0 Å². The van der Waals surface area contributed by atoms with Gasteiger partial charge in [0.2, 0.25) is 0 Å². The maximum absolute atomic E-state index is 13.7. The van der Waals surface area contributed by atoms with Crippen LogP contribution in [0.4, 0.5) is 8.78 Å². The van der Waals surface area contributed by atoms with Crippen LogP contribution in [-0.2, 0) is 6.54 Å². The summed E-state index contributed by atoms with van der Waals surface area (Å²) in [5, 5.41) is 2.64. The highest BCUT2D eigenvalue weighted by Gasteiger charge is 2.26. The van der Waals surface area contributed by atoms with Gasteiger partial charge in [0, 0.05) is 18.3 Å². The van der Waals surface area contributed by atoms with Gasteiger partial charge in [-0.25, -0.2) is 18.7 Å². The Bertz CT molecular complexity index is 797. The van der Waals surface area contributed by atoms with Gasteiger partial charge in [-0.2, -0.15) is 0 Å². The first-order valence-electron chi connectivity index (χ1n) is 8.21. The second kappa shape index (κ2) is 7.23. The van der Waals surface area contributed by atoms with E-state index in [0.717, 1.165) is 48.8 Å². The van der Waals surface area contributed by atoms with Crippen LogP contribution in [-0.4, -0.2) is 34.4 Å². The fourth-order valence-corrected chi connectivity index (χ4v) is 3.14. The molecule has 3 rings (SSSR count). The predicted molar refractivity (Wildman–Crippen MR) is 88.9 cm³/mol. The average Bonchev–Trinajstić information content (AvgIpc) is 3.01. The van der Waals surface area contributed by atoms with Gasteiger partial charge in [-0.05, 0) is 51.6 Å². The second-order valence-corrected chi connectivity index (χ2v) is 6.27. The molecule has 1 saturated heterocycles. The first-order valence-corrected chi connectivity index (χ1v) is 8.21. The van der Waals surface area contributed by atoms with E-state index in [1.165, 1.54) is 0 Å². The second-order valence-electron chi connectivity index (χ2n) is 6.27. The van der Waals surface area contributed by atoms with E-state index in [4.69, 9.17) is 0 Å². The molecule has 132 valence electrons. The maximum atomic E-state index is 13.7. The molecule has 0 aliphatic carbocycles. The number of aromatic nitrogens is 2. The van der Waals surface area contributed by atoms with Crippen molar-refractivity contribution in [3.05, 3.63) is 58.7 Å². The molecule has 1 amide bonds. The fourth-order valence-electron chi connectivity index (χ4n) is 3.14. The van der Waals surface area contributed by atoms with E-state index in [-0.39, 0.29) is 18.2 Å². The zero-order valence-corrected chi connectivity index (χ0v) is 14.2. The lowest BCUT2D eigenvalue weighted by molar-refractivity contribution is 0.0946. The van der Waals surface area contributed by atoms with Crippen molar-refractivity contribution in [3.8, 4) is 0 Å². The number of nitrogens with one attached hydrogen (secondary N) is 1. The first-order chi connectivity index (χ1) is 12.0. The molecule has 2 aromatic rings. The minimum atomic E-state index is -0.755. The van der Waals surface area contributed by atoms with Gasteiger partial charge in [0.15, 0.2) is 0 Å². The Morgan fingerprint density at radius 3 is 2.92 bits per heavy atom. The van der Waals surface area contributed by atoms with Gasteiger partial charge in [-0.3, -0.25) is 9.69 Å². The third kappa shape index (κ3) is 3.82. The molecule has 0 bridgehead atoms. The van der Waals surface area contributed by atoms with Gasteiger partial charge in [-0.1, -0.05) is 0 Å². The Hall–Kier alpha value is -2.41. The molecule has 1 aliphatic heterocycles. The lowest BCUT2D eigenvalue weighted by Gasteiger charge is -2.21. The summed E-state index contributed by atoms with van der Waals surface area (Å²) in [5.41, 5.74) is 1.36. The monoisotopic (exact) mass is 346 g/mol. The molecule has 1 aromatic carbocycles. The van der Waals surface area contributed by atoms with Gasteiger partial charge >= 0.3 is 0 Å². The van der Waals surface area contributed by atoms with E-state index < -0.39 is 17.5 Å². The fraction of sp³-hybridized carbons (Fsp3) is 0.389. The van der Waals surface area contributed by atoms with Crippen molar-refractivity contribution in [2.45, 2.75) is 32.4 Å². The van der Waals surface area contributed by atoms with E-state index in [9.17, 15) is 13.6 Å². The quantitative estimate of drug-likeness (QED) is 0.925. The zero-order chi connectivity index (χ0) is 18.0. The Labute approximate surface area is 145 Å². The Morgan fingerprint density at radius 2 is 2.20 bits per heavy atom. The molecule has 7 heteroatoms. The molecule has 0 saturated carbocycles. The van der Waals surface area contributed by atoms with Crippen molar-refractivity contribution in [1.82, 2.24) is 20.2 Å². The first kappa shape index (κ1) is 17.4. The number of hydrogen-bond acceptors (Lipinski definition) is 4.